The van der Waals surface area contributed by atoms with Crippen molar-refractivity contribution in [3.8, 4) is 0 Å². The van der Waals surface area contributed by atoms with Crippen LogP contribution in [0, 0.1) is 11.3 Å². The first kappa shape index (κ1) is 33.5. The summed E-state index contributed by atoms with van der Waals surface area (Å²) in [6.45, 7) is 24.9. The van der Waals surface area contributed by atoms with Gasteiger partial charge in [0.05, 0.1) is 36.4 Å². The highest BCUT2D eigenvalue weighted by Gasteiger charge is 2.42. The smallest absolute Gasteiger partial charge is 0.314 e. The number of aliphatic hydroxyl groups is 1. The van der Waals surface area contributed by atoms with Crippen molar-refractivity contribution in [1.82, 2.24) is 0 Å². The fraction of sp³-hybridized carbons (Fsp3) is 0.893. The van der Waals surface area contributed by atoms with Gasteiger partial charge in [0.15, 0.2) is 0 Å². The van der Waals surface area contributed by atoms with Gasteiger partial charge in [-0.15, -0.1) is 6.58 Å². The summed E-state index contributed by atoms with van der Waals surface area (Å²) in [5.74, 6) is -0.195. The standard InChI is InChI=1S/C28H56O6Si2/c1-11-22(2)25(29)20-24(33-21-31-15-17-35(5,6)7)19-23-13-12-14-26(34-23)28(3,4)27(30)32-16-18-36(8,9)10/h11,22-26,29H,1,12-21H2,2-10H3/t22-,23-,24-,25+,26+/m0/s1. The largest absolute Gasteiger partial charge is 0.466 e. The highest BCUT2D eigenvalue weighted by molar-refractivity contribution is 6.76. The topological polar surface area (TPSA) is 74.2 Å². The minimum atomic E-state index is -1.26. The van der Waals surface area contributed by atoms with E-state index in [1.54, 1.807) is 6.08 Å². The molecule has 0 saturated carbocycles. The van der Waals surface area contributed by atoms with Crippen LogP contribution in [0.3, 0.4) is 0 Å². The molecule has 0 aliphatic carbocycles. The third kappa shape index (κ3) is 13.3. The molecular weight excluding hydrogens is 488 g/mol. The van der Waals surface area contributed by atoms with Crippen molar-refractivity contribution in [3.63, 3.8) is 0 Å². The molecule has 36 heavy (non-hydrogen) atoms. The maximum atomic E-state index is 12.9. The Bertz CT molecular complexity index is 655. The fourth-order valence-electron chi connectivity index (χ4n) is 4.12. The Morgan fingerprint density at radius 2 is 1.72 bits per heavy atom. The second kappa shape index (κ2) is 15.2. The van der Waals surface area contributed by atoms with Crippen LogP contribution in [0.5, 0.6) is 0 Å². The van der Waals surface area contributed by atoms with Crippen LogP contribution >= 0.6 is 0 Å². The van der Waals surface area contributed by atoms with E-state index >= 15 is 0 Å². The molecule has 5 atom stereocenters. The third-order valence-corrected chi connectivity index (χ3v) is 10.6. The van der Waals surface area contributed by atoms with Crippen LogP contribution < -0.4 is 0 Å². The van der Waals surface area contributed by atoms with Crippen molar-refractivity contribution >= 4 is 22.1 Å². The number of rotatable bonds is 17. The van der Waals surface area contributed by atoms with E-state index in [0.29, 0.717) is 26.1 Å². The normalized spacial score (nSPS) is 22.1. The molecule has 1 fully saturated rings. The van der Waals surface area contributed by atoms with E-state index in [0.717, 1.165) is 31.4 Å². The summed E-state index contributed by atoms with van der Waals surface area (Å²) in [7, 11) is -2.42. The summed E-state index contributed by atoms with van der Waals surface area (Å²) in [4.78, 5) is 12.9. The van der Waals surface area contributed by atoms with Crippen LogP contribution in [0.25, 0.3) is 0 Å². The number of carbonyl (C=O) groups excluding carboxylic acids is 1. The maximum Gasteiger partial charge on any atom is 0.314 e. The lowest BCUT2D eigenvalue weighted by atomic mass is 9.81. The van der Waals surface area contributed by atoms with Crippen molar-refractivity contribution in [2.45, 2.75) is 129 Å². The summed E-state index contributed by atoms with van der Waals surface area (Å²) in [5.41, 5.74) is -0.703. The van der Waals surface area contributed by atoms with Gasteiger partial charge in [-0.05, 0) is 57.5 Å². The lowest BCUT2D eigenvalue weighted by molar-refractivity contribution is -0.175. The Kier molecular flexibility index (Phi) is 14.1. The van der Waals surface area contributed by atoms with Crippen LogP contribution in [0.4, 0.5) is 0 Å². The zero-order chi connectivity index (χ0) is 27.6. The van der Waals surface area contributed by atoms with Crippen LogP contribution in [-0.2, 0) is 23.7 Å². The first-order chi connectivity index (χ1) is 16.5. The van der Waals surface area contributed by atoms with Crippen LogP contribution in [0.2, 0.25) is 51.4 Å². The Hall–Kier alpha value is -0.516. The molecule has 1 heterocycles. The molecule has 8 heteroatoms. The first-order valence-electron chi connectivity index (χ1n) is 13.9. The van der Waals surface area contributed by atoms with Crippen molar-refractivity contribution in [2.24, 2.45) is 11.3 Å². The van der Waals surface area contributed by atoms with Gasteiger partial charge in [0.25, 0.3) is 0 Å². The molecule has 6 nitrogen and oxygen atoms in total. The molecule has 0 aromatic rings. The summed E-state index contributed by atoms with van der Waals surface area (Å²) in [6.07, 6.45) is 4.73. The molecule has 1 N–H and O–H groups in total. The molecule has 0 radical (unpaired) electrons. The van der Waals surface area contributed by atoms with Gasteiger partial charge in [0.2, 0.25) is 0 Å². The summed E-state index contributed by atoms with van der Waals surface area (Å²) >= 11 is 0. The molecule has 0 unspecified atom stereocenters. The van der Waals surface area contributed by atoms with E-state index in [-0.39, 0.29) is 37.0 Å². The van der Waals surface area contributed by atoms with E-state index in [4.69, 9.17) is 18.9 Å². The quantitative estimate of drug-likeness (QED) is 0.0741. The second-order valence-corrected chi connectivity index (χ2v) is 24.8. The van der Waals surface area contributed by atoms with Gasteiger partial charge >= 0.3 is 5.97 Å². The Balaban J connectivity index is 2.72. The fourth-order valence-corrected chi connectivity index (χ4v) is 5.59. The van der Waals surface area contributed by atoms with Gasteiger partial charge < -0.3 is 24.1 Å². The summed E-state index contributed by atoms with van der Waals surface area (Å²) in [6, 6.07) is 2.06. The Labute approximate surface area is 223 Å². The van der Waals surface area contributed by atoms with E-state index in [2.05, 4.69) is 45.9 Å². The average Bonchev–Trinajstić information content (AvgIpc) is 2.76. The summed E-state index contributed by atoms with van der Waals surface area (Å²) in [5, 5.41) is 10.6. The molecule has 1 rings (SSSR count). The molecular formula is C28H56O6Si2. The number of aliphatic hydroxyl groups excluding tert-OH is 1. The monoisotopic (exact) mass is 544 g/mol. The van der Waals surface area contributed by atoms with E-state index in [9.17, 15) is 9.90 Å². The highest BCUT2D eigenvalue weighted by Crippen LogP contribution is 2.35. The van der Waals surface area contributed by atoms with Gasteiger partial charge in [-0.3, -0.25) is 4.79 Å². The first-order valence-corrected chi connectivity index (χ1v) is 21.3. The zero-order valence-corrected chi connectivity index (χ0v) is 26.7. The minimum Gasteiger partial charge on any atom is -0.466 e. The molecule has 1 aliphatic rings. The maximum absolute atomic E-state index is 12.9. The van der Waals surface area contributed by atoms with Gasteiger partial charge in [0.1, 0.15) is 6.79 Å². The molecule has 0 aromatic heterocycles. The third-order valence-electron chi connectivity index (χ3n) is 7.16. The minimum absolute atomic E-state index is 0.0196. The second-order valence-electron chi connectivity index (χ2n) is 13.6. The number of carbonyl (C=O) groups is 1. The molecule has 1 saturated heterocycles. The van der Waals surface area contributed by atoms with Crippen LogP contribution in [0.15, 0.2) is 12.7 Å². The number of ether oxygens (including phenoxy) is 4. The van der Waals surface area contributed by atoms with Gasteiger partial charge in [0, 0.05) is 29.2 Å². The van der Waals surface area contributed by atoms with Crippen LogP contribution in [-0.4, -0.2) is 71.6 Å². The zero-order valence-electron chi connectivity index (χ0n) is 24.7. The van der Waals surface area contributed by atoms with Crippen molar-refractivity contribution in [3.05, 3.63) is 12.7 Å². The van der Waals surface area contributed by atoms with Gasteiger partial charge in [-0.25, -0.2) is 0 Å². The van der Waals surface area contributed by atoms with Crippen molar-refractivity contribution in [2.75, 3.05) is 20.0 Å². The molecule has 1 aliphatic heterocycles. The molecule has 0 aromatic carbocycles. The number of hydrogen-bond acceptors (Lipinski definition) is 6. The summed E-state index contributed by atoms with van der Waals surface area (Å²) < 4.78 is 24.0. The molecule has 0 bridgehead atoms. The van der Waals surface area contributed by atoms with Crippen molar-refractivity contribution < 1.29 is 28.8 Å². The highest BCUT2D eigenvalue weighted by atomic mass is 28.3. The lowest BCUT2D eigenvalue weighted by Crippen LogP contribution is -2.45. The van der Waals surface area contributed by atoms with Crippen LogP contribution in [0.1, 0.15) is 52.9 Å². The average molecular weight is 545 g/mol. The predicted molar refractivity (Wildman–Crippen MR) is 154 cm³/mol. The number of esters is 1. The Morgan fingerprint density at radius 1 is 1.11 bits per heavy atom. The van der Waals surface area contributed by atoms with E-state index in [1.807, 2.05) is 20.8 Å². The van der Waals surface area contributed by atoms with E-state index < -0.39 is 27.7 Å². The molecule has 212 valence electrons. The van der Waals surface area contributed by atoms with Gasteiger partial charge in [-0.1, -0.05) is 52.3 Å². The Morgan fingerprint density at radius 3 is 2.31 bits per heavy atom. The molecule has 0 amide bonds. The SMILES string of the molecule is C=C[C@H](C)[C@H](O)C[C@H](C[C@@H]1CCC[C@H](C(C)(C)C(=O)OCC[Si](C)(C)C)O1)OCOCC[Si](C)(C)C. The number of hydrogen-bond donors (Lipinski definition) is 1. The lowest BCUT2D eigenvalue weighted by Gasteiger charge is -2.39. The predicted octanol–water partition coefficient (Wildman–Crippen LogP) is 6.49. The van der Waals surface area contributed by atoms with E-state index in [1.165, 1.54) is 0 Å². The molecule has 0 spiro atoms. The van der Waals surface area contributed by atoms with Gasteiger partial charge in [-0.2, -0.15) is 0 Å². The van der Waals surface area contributed by atoms with Crippen molar-refractivity contribution in [1.29, 1.82) is 0 Å².